The summed E-state index contributed by atoms with van der Waals surface area (Å²) in [6, 6.07) is 8.04. The molecule has 0 heterocycles. The standard InChI is InChI=1S/C20H20F2O2/c1-3-4-19(23)20-15-8-7-14(24-2)9-12(15)5-6-13-10-17(21)18(22)11-16(13)20/h7-11,20H,3-6H2,1-2H3. The second-order valence-electron chi connectivity index (χ2n) is 6.18. The minimum absolute atomic E-state index is 0.0399. The minimum atomic E-state index is -0.903. The number of ketones is 1. The average molecular weight is 330 g/mol. The molecule has 0 saturated heterocycles. The topological polar surface area (TPSA) is 26.3 Å². The van der Waals surface area contributed by atoms with E-state index in [1.54, 1.807) is 7.11 Å². The summed E-state index contributed by atoms with van der Waals surface area (Å²) in [5, 5.41) is 0. The van der Waals surface area contributed by atoms with Gasteiger partial charge in [-0.2, -0.15) is 0 Å². The number of carbonyl (C=O) groups excluding carboxylic acids is 1. The molecule has 4 heteroatoms. The van der Waals surface area contributed by atoms with Crippen molar-refractivity contribution in [1.29, 1.82) is 0 Å². The highest BCUT2D eigenvalue weighted by Gasteiger charge is 2.30. The first-order chi connectivity index (χ1) is 11.5. The summed E-state index contributed by atoms with van der Waals surface area (Å²) in [6.45, 7) is 1.94. The molecule has 24 heavy (non-hydrogen) atoms. The van der Waals surface area contributed by atoms with Gasteiger partial charge in [0.25, 0.3) is 0 Å². The van der Waals surface area contributed by atoms with Gasteiger partial charge in [-0.15, -0.1) is 0 Å². The lowest BCUT2D eigenvalue weighted by molar-refractivity contribution is -0.119. The fourth-order valence-electron chi connectivity index (χ4n) is 3.47. The van der Waals surface area contributed by atoms with Gasteiger partial charge in [-0.1, -0.05) is 13.0 Å². The van der Waals surface area contributed by atoms with Gasteiger partial charge < -0.3 is 4.74 Å². The van der Waals surface area contributed by atoms with E-state index in [-0.39, 0.29) is 5.78 Å². The number of methoxy groups -OCH3 is 1. The number of carbonyl (C=O) groups is 1. The van der Waals surface area contributed by atoms with Crippen LogP contribution in [0.2, 0.25) is 0 Å². The second kappa shape index (κ2) is 6.71. The minimum Gasteiger partial charge on any atom is -0.497 e. The van der Waals surface area contributed by atoms with E-state index in [2.05, 4.69) is 0 Å². The Morgan fingerprint density at radius 1 is 1.08 bits per heavy atom. The molecule has 0 N–H and O–H groups in total. The smallest absolute Gasteiger partial charge is 0.159 e. The maximum absolute atomic E-state index is 13.9. The largest absolute Gasteiger partial charge is 0.497 e. The Morgan fingerprint density at radius 2 is 1.75 bits per heavy atom. The predicted molar refractivity (Wildman–Crippen MR) is 88.5 cm³/mol. The Hall–Kier alpha value is -2.23. The molecule has 1 atom stereocenters. The zero-order valence-electron chi connectivity index (χ0n) is 13.9. The van der Waals surface area contributed by atoms with E-state index < -0.39 is 17.6 Å². The highest BCUT2D eigenvalue weighted by molar-refractivity contribution is 5.90. The summed E-state index contributed by atoms with van der Waals surface area (Å²) in [5.74, 6) is -1.55. The highest BCUT2D eigenvalue weighted by atomic mass is 19.2. The number of Topliss-reactive ketones (excluding diaryl/α,β-unsaturated/α-hetero) is 1. The molecule has 1 unspecified atom stereocenters. The van der Waals surface area contributed by atoms with E-state index in [0.717, 1.165) is 23.3 Å². The molecular formula is C20H20F2O2. The van der Waals surface area contributed by atoms with Crippen molar-refractivity contribution in [3.63, 3.8) is 0 Å². The molecule has 0 aromatic heterocycles. The maximum Gasteiger partial charge on any atom is 0.159 e. The van der Waals surface area contributed by atoms with Crippen LogP contribution in [0.25, 0.3) is 0 Å². The number of halogens is 2. The van der Waals surface area contributed by atoms with Gasteiger partial charge in [0.2, 0.25) is 0 Å². The summed E-state index contributed by atoms with van der Waals surface area (Å²) < 4.78 is 32.8. The third kappa shape index (κ3) is 2.93. The lowest BCUT2D eigenvalue weighted by atomic mass is 9.83. The lowest BCUT2D eigenvalue weighted by Crippen LogP contribution is -2.16. The molecule has 0 saturated carbocycles. The van der Waals surface area contributed by atoms with Gasteiger partial charge in [0, 0.05) is 6.42 Å². The molecule has 0 amide bonds. The molecule has 3 rings (SSSR count). The van der Waals surface area contributed by atoms with Gasteiger partial charge >= 0.3 is 0 Å². The van der Waals surface area contributed by atoms with Crippen molar-refractivity contribution >= 4 is 5.78 Å². The van der Waals surface area contributed by atoms with Crippen molar-refractivity contribution in [2.24, 2.45) is 0 Å². The van der Waals surface area contributed by atoms with Crippen molar-refractivity contribution in [3.05, 3.63) is 64.2 Å². The first kappa shape index (κ1) is 16.6. The van der Waals surface area contributed by atoms with Crippen molar-refractivity contribution < 1.29 is 18.3 Å². The predicted octanol–water partition coefficient (Wildman–Crippen LogP) is 4.57. The second-order valence-corrected chi connectivity index (χ2v) is 6.18. The van der Waals surface area contributed by atoms with E-state index in [1.807, 2.05) is 25.1 Å². The normalized spacial score (nSPS) is 16.1. The summed E-state index contributed by atoms with van der Waals surface area (Å²) >= 11 is 0. The number of rotatable bonds is 4. The van der Waals surface area contributed by atoms with Crippen LogP contribution in [0.1, 0.15) is 47.9 Å². The molecule has 2 aromatic rings. The van der Waals surface area contributed by atoms with E-state index >= 15 is 0 Å². The molecule has 1 aliphatic rings. The number of aryl methyl sites for hydroxylation is 2. The quantitative estimate of drug-likeness (QED) is 0.820. The van der Waals surface area contributed by atoms with Gasteiger partial charge in [0.1, 0.15) is 11.5 Å². The fourth-order valence-corrected chi connectivity index (χ4v) is 3.47. The van der Waals surface area contributed by atoms with Gasteiger partial charge in [-0.05, 0) is 65.8 Å². The van der Waals surface area contributed by atoms with E-state index in [4.69, 9.17) is 4.74 Å². The molecule has 2 aromatic carbocycles. The van der Waals surface area contributed by atoms with Crippen LogP contribution in [0.5, 0.6) is 5.75 Å². The van der Waals surface area contributed by atoms with E-state index in [1.165, 1.54) is 12.1 Å². The van der Waals surface area contributed by atoms with Crippen molar-refractivity contribution in [2.45, 2.75) is 38.5 Å². The Labute approximate surface area is 140 Å². The molecular weight excluding hydrogens is 310 g/mol. The molecule has 0 spiro atoms. The van der Waals surface area contributed by atoms with Crippen LogP contribution in [0.3, 0.4) is 0 Å². The Balaban J connectivity index is 2.20. The van der Waals surface area contributed by atoms with Crippen LogP contribution in [0.15, 0.2) is 30.3 Å². The van der Waals surface area contributed by atoms with Crippen LogP contribution in [0.4, 0.5) is 8.78 Å². The number of fused-ring (bicyclic) bond motifs is 2. The molecule has 0 radical (unpaired) electrons. The molecule has 1 aliphatic carbocycles. The Bertz CT molecular complexity index is 783. The van der Waals surface area contributed by atoms with Gasteiger partial charge in [-0.25, -0.2) is 8.78 Å². The van der Waals surface area contributed by atoms with E-state index in [9.17, 15) is 13.6 Å². The first-order valence-corrected chi connectivity index (χ1v) is 8.22. The maximum atomic E-state index is 13.9. The summed E-state index contributed by atoms with van der Waals surface area (Å²) in [5.41, 5.74) is 3.18. The summed E-state index contributed by atoms with van der Waals surface area (Å²) in [6.07, 6.45) is 2.37. The molecule has 126 valence electrons. The molecule has 2 nitrogen and oxygen atoms in total. The van der Waals surface area contributed by atoms with Crippen LogP contribution in [0, 0.1) is 11.6 Å². The van der Waals surface area contributed by atoms with Crippen LogP contribution in [-0.4, -0.2) is 12.9 Å². The average Bonchev–Trinajstić information content (AvgIpc) is 2.72. The summed E-state index contributed by atoms with van der Waals surface area (Å²) in [4.78, 5) is 12.8. The SMILES string of the molecule is CCCC(=O)C1c2ccc(OC)cc2CCc2cc(F)c(F)cc21. The number of hydrogen-bond acceptors (Lipinski definition) is 2. The number of benzene rings is 2. The molecule has 0 fully saturated rings. The Morgan fingerprint density at radius 3 is 2.42 bits per heavy atom. The zero-order chi connectivity index (χ0) is 17.3. The lowest BCUT2D eigenvalue weighted by Gasteiger charge is -2.20. The van der Waals surface area contributed by atoms with Crippen LogP contribution in [-0.2, 0) is 17.6 Å². The van der Waals surface area contributed by atoms with Crippen molar-refractivity contribution in [3.8, 4) is 5.75 Å². The van der Waals surface area contributed by atoms with Crippen LogP contribution >= 0.6 is 0 Å². The third-order valence-corrected chi connectivity index (χ3v) is 4.64. The first-order valence-electron chi connectivity index (χ1n) is 8.22. The number of hydrogen-bond donors (Lipinski definition) is 0. The summed E-state index contributed by atoms with van der Waals surface area (Å²) in [7, 11) is 1.59. The van der Waals surface area contributed by atoms with Gasteiger partial charge in [0.15, 0.2) is 11.6 Å². The van der Waals surface area contributed by atoms with Crippen molar-refractivity contribution in [2.75, 3.05) is 7.11 Å². The molecule has 0 bridgehead atoms. The number of ether oxygens (including phenoxy) is 1. The molecule has 0 aliphatic heterocycles. The zero-order valence-corrected chi connectivity index (χ0v) is 13.9. The Kier molecular flexibility index (Phi) is 4.65. The fraction of sp³-hybridized carbons (Fsp3) is 0.350. The van der Waals surface area contributed by atoms with Crippen LogP contribution < -0.4 is 4.74 Å². The van der Waals surface area contributed by atoms with Crippen molar-refractivity contribution in [1.82, 2.24) is 0 Å². The monoisotopic (exact) mass is 330 g/mol. The van der Waals surface area contributed by atoms with E-state index in [0.29, 0.717) is 30.4 Å². The third-order valence-electron chi connectivity index (χ3n) is 4.64. The highest BCUT2D eigenvalue weighted by Crippen LogP contribution is 2.38. The van der Waals surface area contributed by atoms with Gasteiger partial charge in [0.05, 0.1) is 13.0 Å². The van der Waals surface area contributed by atoms with Gasteiger partial charge in [-0.3, -0.25) is 4.79 Å².